The second kappa shape index (κ2) is 5.46. The van der Waals surface area contributed by atoms with Gasteiger partial charge in [-0.05, 0) is 26.0 Å². The molecule has 5 nitrogen and oxygen atoms in total. The van der Waals surface area contributed by atoms with Gasteiger partial charge in [-0.2, -0.15) is 0 Å². The Labute approximate surface area is 115 Å². The van der Waals surface area contributed by atoms with E-state index in [1.54, 1.807) is 18.2 Å². The Balaban J connectivity index is 2.99. The summed E-state index contributed by atoms with van der Waals surface area (Å²) in [5.74, 6) is -0.653. The molecule has 0 aliphatic carbocycles. The number of halogens is 2. The van der Waals surface area contributed by atoms with Crippen LogP contribution in [0.2, 0.25) is 10.0 Å². The number of hydrogen-bond donors (Lipinski definition) is 3. The van der Waals surface area contributed by atoms with E-state index in [9.17, 15) is 4.79 Å². The number of anilines is 1. The Bertz CT molecular complexity index is 501. The molecule has 1 aromatic carbocycles. The van der Waals surface area contributed by atoms with Gasteiger partial charge in [0, 0.05) is 0 Å². The predicted molar refractivity (Wildman–Crippen MR) is 72.3 cm³/mol. The molecule has 0 aromatic heterocycles. The summed E-state index contributed by atoms with van der Waals surface area (Å²) < 4.78 is 0. The first-order valence-corrected chi connectivity index (χ1v) is 5.79. The van der Waals surface area contributed by atoms with Crippen LogP contribution in [0, 0.1) is 5.41 Å². The first-order valence-electron chi connectivity index (χ1n) is 5.04. The summed E-state index contributed by atoms with van der Waals surface area (Å²) in [6.07, 6.45) is 0. The fourth-order valence-electron chi connectivity index (χ4n) is 1.12. The van der Waals surface area contributed by atoms with E-state index >= 15 is 0 Å². The van der Waals surface area contributed by atoms with E-state index in [1.807, 2.05) is 0 Å². The number of benzene rings is 1. The molecule has 0 saturated heterocycles. The number of carbonyl (C=O) groups excluding carboxylic acids is 1. The van der Waals surface area contributed by atoms with E-state index in [2.05, 4.69) is 10.5 Å². The highest BCUT2D eigenvalue weighted by molar-refractivity contribution is 6.44. The van der Waals surface area contributed by atoms with E-state index in [-0.39, 0.29) is 10.9 Å². The van der Waals surface area contributed by atoms with Crippen LogP contribution in [0.5, 0.6) is 0 Å². The Kier molecular flexibility index (Phi) is 4.43. The van der Waals surface area contributed by atoms with Gasteiger partial charge in [-0.3, -0.25) is 4.79 Å². The van der Waals surface area contributed by atoms with Gasteiger partial charge in [0.2, 0.25) is 5.91 Å². The predicted octanol–water partition coefficient (Wildman–Crippen LogP) is 2.70. The van der Waals surface area contributed by atoms with Crippen molar-refractivity contribution in [2.24, 2.45) is 16.3 Å². The summed E-state index contributed by atoms with van der Waals surface area (Å²) in [6.45, 7) is 3.05. The zero-order valence-electron chi connectivity index (χ0n) is 9.87. The number of rotatable bonds is 3. The summed E-state index contributed by atoms with van der Waals surface area (Å²) in [5, 5.41) is 14.6. The zero-order chi connectivity index (χ0) is 13.9. The van der Waals surface area contributed by atoms with Gasteiger partial charge in [0.05, 0.1) is 15.7 Å². The lowest BCUT2D eigenvalue weighted by molar-refractivity contribution is -0.121. The monoisotopic (exact) mass is 289 g/mol. The molecule has 0 unspecified atom stereocenters. The van der Waals surface area contributed by atoms with Gasteiger partial charge >= 0.3 is 0 Å². The van der Waals surface area contributed by atoms with E-state index in [4.69, 9.17) is 34.1 Å². The van der Waals surface area contributed by atoms with Crippen LogP contribution >= 0.6 is 23.2 Å². The third-order valence-corrected chi connectivity index (χ3v) is 3.33. The molecule has 0 radical (unpaired) electrons. The smallest absolute Gasteiger partial charge is 0.237 e. The van der Waals surface area contributed by atoms with Crippen molar-refractivity contribution in [2.75, 3.05) is 5.32 Å². The lowest BCUT2D eigenvalue weighted by atomic mass is 9.91. The van der Waals surface area contributed by atoms with E-state index in [1.165, 1.54) is 13.8 Å². The van der Waals surface area contributed by atoms with Crippen molar-refractivity contribution in [1.82, 2.24) is 0 Å². The van der Waals surface area contributed by atoms with Crippen LogP contribution in [0.4, 0.5) is 5.69 Å². The second-order valence-electron chi connectivity index (χ2n) is 4.17. The number of oxime groups is 1. The SMILES string of the molecule is CC(C)(C(=O)Nc1cccc(Cl)c1Cl)C(N)=NO. The molecule has 0 fully saturated rings. The molecule has 18 heavy (non-hydrogen) atoms. The maximum absolute atomic E-state index is 12.0. The van der Waals surface area contributed by atoms with Crippen LogP contribution < -0.4 is 11.1 Å². The number of amides is 1. The standard InChI is InChI=1S/C11H13Cl2N3O2/c1-11(2,9(14)16-18)10(17)15-7-5-3-4-6(12)8(7)13/h3-5,18H,1-2H3,(H2,14,16)(H,15,17). The zero-order valence-corrected chi connectivity index (χ0v) is 11.4. The molecular weight excluding hydrogens is 277 g/mol. The quantitative estimate of drug-likeness (QED) is 0.346. The molecule has 0 aliphatic heterocycles. The average Bonchev–Trinajstić information content (AvgIpc) is 2.33. The van der Waals surface area contributed by atoms with Gasteiger partial charge in [0.15, 0.2) is 5.84 Å². The van der Waals surface area contributed by atoms with Crippen LogP contribution in [-0.2, 0) is 4.79 Å². The van der Waals surface area contributed by atoms with Crippen molar-refractivity contribution in [3.05, 3.63) is 28.2 Å². The van der Waals surface area contributed by atoms with Crippen LogP contribution in [0.25, 0.3) is 0 Å². The molecule has 1 aromatic rings. The molecule has 0 spiro atoms. The molecule has 0 bridgehead atoms. The lowest BCUT2D eigenvalue weighted by Crippen LogP contribution is -2.42. The third-order valence-electron chi connectivity index (χ3n) is 2.52. The number of carbonyl (C=O) groups is 1. The first kappa shape index (κ1) is 14.6. The molecule has 0 saturated carbocycles. The van der Waals surface area contributed by atoms with E-state index in [0.29, 0.717) is 10.7 Å². The maximum atomic E-state index is 12.0. The highest BCUT2D eigenvalue weighted by Gasteiger charge is 2.33. The number of hydrogen-bond acceptors (Lipinski definition) is 3. The number of nitrogens with one attached hydrogen (secondary N) is 1. The largest absolute Gasteiger partial charge is 0.409 e. The van der Waals surface area contributed by atoms with Crippen molar-refractivity contribution in [3.8, 4) is 0 Å². The minimum absolute atomic E-state index is 0.196. The fraction of sp³-hybridized carbons (Fsp3) is 0.273. The number of nitrogens with zero attached hydrogens (tertiary/aromatic N) is 1. The Morgan fingerprint density at radius 2 is 2.06 bits per heavy atom. The van der Waals surface area contributed by atoms with Crippen molar-refractivity contribution < 1.29 is 10.0 Å². The summed E-state index contributed by atoms with van der Waals surface area (Å²) in [5.41, 5.74) is 4.66. The normalized spacial score (nSPS) is 12.3. The summed E-state index contributed by atoms with van der Waals surface area (Å²) in [7, 11) is 0. The maximum Gasteiger partial charge on any atom is 0.237 e. The van der Waals surface area contributed by atoms with Crippen LogP contribution in [0.1, 0.15) is 13.8 Å². The minimum atomic E-state index is -1.17. The summed E-state index contributed by atoms with van der Waals surface area (Å²) >= 11 is 11.8. The molecule has 1 rings (SSSR count). The first-order chi connectivity index (χ1) is 8.30. The van der Waals surface area contributed by atoms with Gasteiger partial charge < -0.3 is 16.3 Å². The lowest BCUT2D eigenvalue weighted by Gasteiger charge is -2.22. The van der Waals surface area contributed by atoms with Gasteiger partial charge in [0.25, 0.3) is 0 Å². The Morgan fingerprint density at radius 3 is 2.61 bits per heavy atom. The Morgan fingerprint density at radius 1 is 1.44 bits per heavy atom. The molecule has 0 heterocycles. The van der Waals surface area contributed by atoms with Crippen molar-refractivity contribution >= 4 is 40.6 Å². The van der Waals surface area contributed by atoms with Crippen LogP contribution in [-0.4, -0.2) is 17.0 Å². The van der Waals surface area contributed by atoms with Crippen LogP contribution in [0.3, 0.4) is 0 Å². The molecule has 4 N–H and O–H groups in total. The van der Waals surface area contributed by atoms with E-state index in [0.717, 1.165) is 0 Å². The van der Waals surface area contributed by atoms with Gasteiger partial charge in [0.1, 0.15) is 5.41 Å². The fourth-order valence-corrected chi connectivity index (χ4v) is 1.47. The third kappa shape index (κ3) is 2.86. The highest BCUT2D eigenvalue weighted by Crippen LogP contribution is 2.30. The number of amidine groups is 1. The molecule has 0 aliphatic rings. The van der Waals surface area contributed by atoms with Gasteiger partial charge in [-0.1, -0.05) is 34.4 Å². The topological polar surface area (TPSA) is 87.7 Å². The molecule has 0 atom stereocenters. The summed E-state index contributed by atoms with van der Waals surface area (Å²) in [6, 6.07) is 4.86. The molecular formula is C11H13Cl2N3O2. The van der Waals surface area contributed by atoms with Gasteiger partial charge in [-0.15, -0.1) is 0 Å². The van der Waals surface area contributed by atoms with Crippen molar-refractivity contribution in [2.45, 2.75) is 13.8 Å². The van der Waals surface area contributed by atoms with Gasteiger partial charge in [-0.25, -0.2) is 0 Å². The molecule has 1 amide bonds. The number of nitrogens with two attached hydrogens (primary N) is 1. The van der Waals surface area contributed by atoms with Crippen molar-refractivity contribution in [3.63, 3.8) is 0 Å². The molecule has 7 heteroatoms. The highest BCUT2D eigenvalue weighted by atomic mass is 35.5. The van der Waals surface area contributed by atoms with Crippen molar-refractivity contribution in [1.29, 1.82) is 0 Å². The van der Waals surface area contributed by atoms with E-state index < -0.39 is 11.3 Å². The average molecular weight is 290 g/mol. The Hall–Kier alpha value is -1.46. The molecule has 98 valence electrons. The summed E-state index contributed by atoms with van der Waals surface area (Å²) in [4.78, 5) is 12.0. The second-order valence-corrected chi connectivity index (χ2v) is 4.95. The van der Waals surface area contributed by atoms with Crippen LogP contribution in [0.15, 0.2) is 23.4 Å². The minimum Gasteiger partial charge on any atom is -0.409 e.